The van der Waals surface area contributed by atoms with Gasteiger partial charge < -0.3 is 24.8 Å². The van der Waals surface area contributed by atoms with Gasteiger partial charge in [0.15, 0.2) is 0 Å². The van der Waals surface area contributed by atoms with Crippen molar-refractivity contribution in [1.29, 1.82) is 0 Å². The highest BCUT2D eigenvalue weighted by Gasteiger charge is 2.41. The third kappa shape index (κ3) is 8.36. The van der Waals surface area contributed by atoms with Crippen LogP contribution in [0, 0.1) is 17.8 Å². The Labute approximate surface area is 175 Å². The number of esters is 1. The van der Waals surface area contributed by atoms with Gasteiger partial charge in [0.1, 0.15) is 6.61 Å². The van der Waals surface area contributed by atoms with E-state index in [1.165, 1.54) is 19.3 Å². The molecule has 5 atom stereocenters. The highest BCUT2D eigenvalue weighted by atomic mass is 16.6. The fourth-order valence-corrected chi connectivity index (χ4v) is 4.85. The molecule has 0 aromatic heterocycles. The second-order valence-electron chi connectivity index (χ2n) is 9.00. The molecule has 0 aromatic rings. The predicted molar refractivity (Wildman–Crippen MR) is 111 cm³/mol. The van der Waals surface area contributed by atoms with Crippen molar-refractivity contribution in [2.45, 2.75) is 96.1 Å². The lowest BCUT2D eigenvalue weighted by Crippen LogP contribution is -2.27. The molecule has 2 fully saturated rings. The minimum Gasteiger partial charge on any atom is -0.461 e. The number of aliphatic hydroxyl groups excluding tert-OH is 3. The van der Waals surface area contributed by atoms with E-state index in [4.69, 9.17) is 9.47 Å². The Morgan fingerprint density at radius 3 is 2.45 bits per heavy atom. The van der Waals surface area contributed by atoms with Crippen LogP contribution in [0.4, 0.5) is 0 Å². The number of allylic oxidation sites excluding steroid dienone is 1. The minimum absolute atomic E-state index is 0.00860. The van der Waals surface area contributed by atoms with Gasteiger partial charge >= 0.3 is 5.97 Å². The summed E-state index contributed by atoms with van der Waals surface area (Å²) in [6, 6.07) is 0. The van der Waals surface area contributed by atoms with Crippen LogP contribution in [0.25, 0.3) is 0 Å². The van der Waals surface area contributed by atoms with E-state index in [1.807, 2.05) is 12.2 Å². The lowest BCUT2D eigenvalue weighted by Gasteiger charge is -2.29. The second-order valence-corrected chi connectivity index (χ2v) is 9.00. The maximum atomic E-state index is 11.4. The predicted octanol–water partition coefficient (Wildman–Crippen LogP) is 2.98. The van der Waals surface area contributed by atoms with Crippen molar-refractivity contribution in [3.8, 4) is 0 Å². The summed E-state index contributed by atoms with van der Waals surface area (Å²) >= 11 is 0. The lowest BCUT2D eigenvalue weighted by atomic mass is 9.80. The van der Waals surface area contributed by atoms with E-state index < -0.39 is 12.2 Å². The van der Waals surface area contributed by atoms with Crippen molar-refractivity contribution < 1.29 is 29.6 Å². The van der Waals surface area contributed by atoms with Crippen LogP contribution in [0.2, 0.25) is 0 Å². The first-order valence-corrected chi connectivity index (χ1v) is 11.3. The third-order valence-corrected chi connectivity index (χ3v) is 6.39. The molecule has 0 aromatic carbocycles. The zero-order valence-corrected chi connectivity index (χ0v) is 18.0. The molecule has 3 N–H and O–H groups in total. The summed E-state index contributed by atoms with van der Waals surface area (Å²) in [5, 5.41) is 31.3. The van der Waals surface area contributed by atoms with Crippen molar-refractivity contribution in [2.24, 2.45) is 17.8 Å². The minimum atomic E-state index is -0.520. The molecule has 0 bridgehead atoms. The molecule has 0 aliphatic heterocycles. The summed E-state index contributed by atoms with van der Waals surface area (Å²) < 4.78 is 10.3. The molecule has 29 heavy (non-hydrogen) atoms. The van der Waals surface area contributed by atoms with Crippen molar-refractivity contribution in [3.05, 3.63) is 12.2 Å². The van der Waals surface area contributed by atoms with Gasteiger partial charge in [0.2, 0.25) is 0 Å². The summed E-state index contributed by atoms with van der Waals surface area (Å²) in [7, 11) is 0. The molecular weight excluding hydrogens is 372 g/mol. The average molecular weight is 413 g/mol. The van der Waals surface area contributed by atoms with Crippen LogP contribution in [0.1, 0.15) is 71.6 Å². The SMILES string of the molecule is CC(C)OC(=O)COC/C=C\CC1C(CC[C@H](O)C2CCCCC2)[C@@H](O)C[C@@H]1O. The molecule has 6 heteroatoms. The Hall–Kier alpha value is -0.950. The number of aliphatic hydroxyl groups is 3. The highest BCUT2D eigenvalue weighted by molar-refractivity contribution is 5.70. The maximum Gasteiger partial charge on any atom is 0.332 e. The zero-order chi connectivity index (χ0) is 21.2. The van der Waals surface area contributed by atoms with Crippen molar-refractivity contribution in [2.75, 3.05) is 13.2 Å². The topological polar surface area (TPSA) is 96.2 Å². The van der Waals surface area contributed by atoms with Gasteiger partial charge in [0, 0.05) is 0 Å². The molecule has 0 spiro atoms. The van der Waals surface area contributed by atoms with Gasteiger partial charge in [0.05, 0.1) is 31.0 Å². The van der Waals surface area contributed by atoms with Crippen LogP contribution in [0.15, 0.2) is 12.2 Å². The molecule has 2 aliphatic rings. The Morgan fingerprint density at radius 2 is 1.76 bits per heavy atom. The Bertz CT molecular complexity index is 500. The van der Waals surface area contributed by atoms with Crippen LogP contribution < -0.4 is 0 Å². The van der Waals surface area contributed by atoms with Gasteiger partial charge in [0.25, 0.3) is 0 Å². The normalized spacial score (nSPS) is 29.6. The summed E-state index contributed by atoms with van der Waals surface area (Å²) in [6.45, 7) is 3.83. The van der Waals surface area contributed by atoms with Crippen LogP contribution in [-0.2, 0) is 14.3 Å². The molecule has 2 aliphatic carbocycles. The first-order chi connectivity index (χ1) is 13.9. The quantitative estimate of drug-likeness (QED) is 0.274. The maximum absolute atomic E-state index is 11.4. The zero-order valence-electron chi connectivity index (χ0n) is 18.0. The van der Waals surface area contributed by atoms with Gasteiger partial charge in [-0.3, -0.25) is 0 Å². The summed E-state index contributed by atoms with van der Waals surface area (Å²) in [5.74, 6) is 0.0185. The molecule has 0 amide bonds. The molecule has 2 rings (SSSR count). The number of ether oxygens (including phenoxy) is 2. The summed E-state index contributed by atoms with van der Waals surface area (Å²) in [5.41, 5.74) is 0. The summed E-state index contributed by atoms with van der Waals surface area (Å²) in [4.78, 5) is 11.4. The molecule has 0 saturated heterocycles. The van der Waals surface area contributed by atoms with Gasteiger partial charge in [-0.05, 0) is 70.1 Å². The van der Waals surface area contributed by atoms with Gasteiger partial charge in [-0.1, -0.05) is 31.4 Å². The molecule has 2 saturated carbocycles. The van der Waals surface area contributed by atoms with Crippen LogP contribution in [-0.4, -0.2) is 58.9 Å². The van der Waals surface area contributed by atoms with Crippen molar-refractivity contribution in [3.63, 3.8) is 0 Å². The third-order valence-electron chi connectivity index (χ3n) is 6.39. The van der Waals surface area contributed by atoms with E-state index in [2.05, 4.69) is 0 Å². The van der Waals surface area contributed by atoms with E-state index >= 15 is 0 Å². The number of hydrogen-bond donors (Lipinski definition) is 3. The van der Waals surface area contributed by atoms with Crippen LogP contribution >= 0.6 is 0 Å². The molecule has 0 radical (unpaired) electrons. The second kappa shape index (κ2) is 12.7. The first-order valence-electron chi connectivity index (χ1n) is 11.3. The summed E-state index contributed by atoms with van der Waals surface area (Å²) in [6.07, 6.45) is 10.7. The molecule has 2 unspecified atom stereocenters. The van der Waals surface area contributed by atoms with Crippen molar-refractivity contribution >= 4 is 5.97 Å². The van der Waals surface area contributed by atoms with E-state index in [1.54, 1.807) is 13.8 Å². The number of rotatable bonds is 11. The number of carbonyl (C=O) groups is 1. The standard InChI is InChI=1S/C23H40O6/c1-16(2)29-23(27)15-28-13-7-6-10-18-19(22(26)14-21(18)25)11-12-20(24)17-8-4-3-5-9-17/h6-7,16-22,24-26H,3-5,8-15H2,1-2H3/b7-6-/t18?,19?,20-,21-,22-/m0/s1. The number of carbonyl (C=O) groups excluding carboxylic acids is 1. The fourth-order valence-electron chi connectivity index (χ4n) is 4.85. The Kier molecular flexibility index (Phi) is 10.6. The van der Waals surface area contributed by atoms with Gasteiger partial charge in [-0.2, -0.15) is 0 Å². The molecule has 0 heterocycles. The Morgan fingerprint density at radius 1 is 1.07 bits per heavy atom. The lowest BCUT2D eigenvalue weighted by molar-refractivity contribution is -0.152. The molecule has 168 valence electrons. The van der Waals surface area contributed by atoms with E-state index in [0.717, 1.165) is 19.3 Å². The Balaban J connectivity index is 1.72. The first kappa shape index (κ1) is 24.3. The van der Waals surface area contributed by atoms with Crippen LogP contribution in [0.5, 0.6) is 0 Å². The van der Waals surface area contributed by atoms with E-state index in [0.29, 0.717) is 31.8 Å². The number of hydrogen-bond acceptors (Lipinski definition) is 6. The van der Waals surface area contributed by atoms with Gasteiger partial charge in [-0.15, -0.1) is 0 Å². The smallest absolute Gasteiger partial charge is 0.332 e. The highest BCUT2D eigenvalue weighted by Crippen LogP contribution is 2.39. The van der Waals surface area contributed by atoms with Crippen LogP contribution in [0.3, 0.4) is 0 Å². The largest absolute Gasteiger partial charge is 0.461 e. The molecular formula is C23H40O6. The van der Waals surface area contributed by atoms with Crippen molar-refractivity contribution in [1.82, 2.24) is 0 Å². The monoisotopic (exact) mass is 412 g/mol. The van der Waals surface area contributed by atoms with Gasteiger partial charge in [-0.25, -0.2) is 4.79 Å². The van der Waals surface area contributed by atoms with E-state index in [9.17, 15) is 20.1 Å². The van der Waals surface area contributed by atoms with E-state index in [-0.39, 0.29) is 36.6 Å². The molecule has 6 nitrogen and oxygen atoms in total. The fraction of sp³-hybridized carbons (Fsp3) is 0.870. The average Bonchev–Trinajstić information content (AvgIpc) is 2.95.